The number of nitrogens with zero attached hydrogens (tertiary/aromatic N) is 5. The maximum atomic E-state index is 12.7. The van der Waals surface area contributed by atoms with Crippen LogP contribution in [0.2, 0.25) is 0 Å². The van der Waals surface area contributed by atoms with Gasteiger partial charge in [0, 0.05) is 89.4 Å². The number of pyridine rings is 2. The summed E-state index contributed by atoms with van der Waals surface area (Å²) in [5.74, 6) is -0.364. The van der Waals surface area contributed by atoms with Gasteiger partial charge >= 0.3 is 0 Å². The van der Waals surface area contributed by atoms with Crippen LogP contribution in [0, 0.1) is 0 Å². The third kappa shape index (κ3) is 9.85. The molecule has 2 aromatic carbocycles. The molecule has 8 rings (SSSR count). The van der Waals surface area contributed by atoms with Crippen molar-refractivity contribution < 1.29 is 26.4 Å². The van der Waals surface area contributed by atoms with Crippen molar-refractivity contribution in [2.45, 2.75) is 35.3 Å². The summed E-state index contributed by atoms with van der Waals surface area (Å²) < 4.78 is 56.2. The van der Waals surface area contributed by atoms with Gasteiger partial charge in [0.2, 0.25) is 20.0 Å². The van der Waals surface area contributed by atoms with Gasteiger partial charge in [-0.3, -0.25) is 14.6 Å². The number of amides is 2. The predicted octanol–water partition coefficient (Wildman–Crippen LogP) is 3.23. The fourth-order valence-corrected chi connectivity index (χ4v) is 10.2. The van der Waals surface area contributed by atoms with Crippen LogP contribution in [0.5, 0.6) is 0 Å². The number of halogens is 1. The van der Waals surface area contributed by atoms with Crippen molar-refractivity contribution in [3.05, 3.63) is 125 Å². The molecule has 2 saturated heterocycles. The lowest BCUT2D eigenvalue weighted by atomic mass is 10.2. The van der Waals surface area contributed by atoms with Gasteiger partial charge < -0.3 is 26.1 Å². The molecule has 5 N–H and O–H groups in total. The molecule has 300 valence electrons. The summed E-state index contributed by atoms with van der Waals surface area (Å²) in [7, 11) is -6.99. The smallest absolute Gasteiger partial charge is 0.261 e. The molecule has 15 nitrogen and oxygen atoms in total. The van der Waals surface area contributed by atoms with Crippen molar-refractivity contribution in [2.24, 2.45) is 5.73 Å². The molecule has 6 heterocycles. The molecular formula is C38H42ClN9O6S3. The van der Waals surface area contributed by atoms with Gasteiger partial charge in [0.05, 0.1) is 24.9 Å². The van der Waals surface area contributed by atoms with Crippen LogP contribution in [0.25, 0.3) is 15.7 Å². The lowest BCUT2D eigenvalue weighted by Crippen LogP contribution is -2.46. The molecule has 4 aromatic heterocycles. The number of sulfonamides is 2. The van der Waals surface area contributed by atoms with Crippen LogP contribution in [0.3, 0.4) is 0 Å². The van der Waals surface area contributed by atoms with E-state index >= 15 is 0 Å². The second-order valence-corrected chi connectivity index (χ2v) is 18.3. The van der Waals surface area contributed by atoms with E-state index in [4.69, 9.17) is 5.73 Å². The Morgan fingerprint density at radius 2 is 1.44 bits per heavy atom. The summed E-state index contributed by atoms with van der Waals surface area (Å²) >= 11 is 1.39. The number of benzene rings is 2. The molecule has 1 atom stereocenters. The minimum absolute atomic E-state index is 0. The van der Waals surface area contributed by atoms with Crippen LogP contribution in [-0.4, -0.2) is 96.9 Å². The molecule has 0 bridgehead atoms. The van der Waals surface area contributed by atoms with Crippen LogP contribution < -0.4 is 21.7 Å². The van der Waals surface area contributed by atoms with Gasteiger partial charge in [-0.25, -0.2) is 21.8 Å². The molecule has 2 amide bonds. The fraction of sp³-hybridized carbons (Fsp3) is 0.263. The SMILES string of the molecule is Cl.NC1CCN(S(=O)(=O)c2ccc(CNC(=O)c3cc4ccncc4s3)cc2)C1.O=C(NCc1ccc(S(=O)(=O)N2CCNCC2)cc1)c1ccc2nccn2c1. The Morgan fingerprint density at radius 1 is 0.807 bits per heavy atom. The van der Waals surface area contributed by atoms with Gasteiger partial charge in [-0.2, -0.15) is 8.61 Å². The predicted molar refractivity (Wildman–Crippen MR) is 220 cm³/mol. The topological polar surface area (TPSA) is 201 Å². The van der Waals surface area contributed by atoms with Crippen LogP contribution in [-0.2, 0) is 33.1 Å². The number of nitrogens with two attached hydrogens (primary N) is 1. The number of piperazine rings is 1. The van der Waals surface area contributed by atoms with Gasteiger partial charge in [0.15, 0.2) is 0 Å². The number of hydrogen-bond acceptors (Lipinski definition) is 11. The van der Waals surface area contributed by atoms with Crippen molar-refractivity contribution in [3.63, 3.8) is 0 Å². The first-order chi connectivity index (χ1) is 27.0. The first-order valence-electron chi connectivity index (χ1n) is 17.9. The molecule has 2 fully saturated rings. The molecule has 0 radical (unpaired) electrons. The Hall–Kier alpha value is -4.79. The number of imidazole rings is 1. The standard InChI is InChI=1S/C19H21N5O3S.C19H20N4O3S2.ClH/c25-19(16-3-6-18-21-9-10-23(18)14-16)22-13-15-1-4-17(5-2-15)28(26,27)24-11-7-20-8-12-24;20-15-6-8-23(12-15)28(25,26)16-3-1-13(2-4-16)10-22-19(24)17-9-14-5-7-21-11-18(14)27-17;/h1-6,9-10,14,20H,7-8,11-13H2,(H,22,25);1-5,7,9,11,15H,6,8,10,12,20H2,(H,22,24);1H. The number of carbonyl (C=O) groups is 2. The van der Waals surface area contributed by atoms with E-state index in [0.717, 1.165) is 26.9 Å². The molecule has 2 aliphatic heterocycles. The monoisotopic (exact) mass is 851 g/mol. The van der Waals surface area contributed by atoms with Crippen LogP contribution in [0.4, 0.5) is 0 Å². The summed E-state index contributed by atoms with van der Waals surface area (Å²) in [5.41, 5.74) is 8.78. The molecule has 57 heavy (non-hydrogen) atoms. The first kappa shape index (κ1) is 41.8. The molecule has 1 unspecified atom stereocenters. The molecule has 2 aliphatic rings. The van der Waals surface area contributed by atoms with E-state index in [2.05, 4.69) is 25.9 Å². The molecular weight excluding hydrogens is 810 g/mol. The molecule has 0 saturated carbocycles. The number of aromatic nitrogens is 3. The fourth-order valence-electron chi connectivity index (χ4n) is 6.32. The van der Waals surface area contributed by atoms with Crippen molar-refractivity contribution in [1.29, 1.82) is 0 Å². The largest absolute Gasteiger partial charge is 0.348 e. The average molecular weight is 852 g/mol. The second kappa shape index (κ2) is 18.2. The zero-order valence-electron chi connectivity index (χ0n) is 30.7. The Labute approximate surface area is 340 Å². The molecule has 19 heteroatoms. The highest BCUT2D eigenvalue weighted by Gasteiger charge is 2.31. The summed E-state index contributed by atoms with van der Waals surface area (Å²) in [6, 6.07) is 20.4. The van der Waals surface area contributed by atoms with E-state index in [-0.39, 0.29) is 40.1 Å². The lowest BCUT2D eigenvalue weighted by molar-refractivity contribution is 0.0944. The van der Waals surface area contributed by atoms with Gasteiger partial charge in [-0.05, 0) is 71.5 Å². The zero-order chi connectivity index (χ0) is 39.3. The quantitative estimate of drug-likeness (QED) is 0.159. The van der Waals surface area contributed by atoms with Gasteiger partial charge in [0.25, 0.3) is 11.8 Å². The van der Waals surface area contributed by atoms with Gasteiger partial charge in [0.1, 0.15) is 5.65 Å². The number of carbonyl (C=O) groups excluding carboxylic acids is 2. The van der Waals surface area contributed by atoms with Crippen LogP contribution in [0.1, 0.15) is 37.6 Å². The molecule has 0 aliphatic carbocycles. The summed E-state index contributed by atoms with van der Waals surface area (Å²) in [4.78, 5) is 34.1. The Morgan fingerprint density at radius 3 is 2.05 bits per heavy atom. The highest BCUT2D eigenvalue weighted by atomic mass is 35.5. The third-order valence-corrected chi connectivity index (χ3v) is 14.4. The molecule has 6 aromatic rings. The average Bonchev–Trinajstić information content (AvgIpc) is 4.00. The zero-order valence-corrected chi connectivity index (χ0v) is 33.9. The number of hydrogen-bond donors (Lipinski definition) is 4. The Balaban J connectivity index is 0.000000189. The maximum Gasteiger partial charge on any atom is 0.261 e. The van der Waals surface area contributed by atoms with Crippen LogP contribution in [0.15, 0.2) is 114 Å². The van der Waals surface area contributed by atoms with Crippen molar-refractivity contribution in [2.75, 3.05) is 39.3 Å². The van der Waals surface area contributed by atoms with E-state index in [1.54, 1.807) is 96.0 Å². The highest BCUT2D eigenvalue weighted by Crippen LogP contribution is 2.25. The normalized spacial score (nSPS) is 16.4. The van der Waals surface area contributed by atoms with Crippen molar-refractivity contribution >= 4 is 71.3 Å². The van der Waals surface area contributed by atoms with E-state index in [1.165, 1.54) is 19.9 Å². The van der Waals surface area contributed by atoms with E-state index in [9.17, 15) is 26.4 Å². The number of nitrogens with one attached hydrogen (secondary N) is 3. The maximum absolute atomic E-state index is 12.7. The number of fused-ring (bicyclic) bond motifs is 2. The van der Waals surface area contributed by atoms with E-state index < -0.39 is 20.0 Å². The van der Waals surface area contributed by atoms with E-state index in [0.29, 0.717) is 69.2 Å². The second-order valence-electron chi connectivity index (χ2n) is 13.4. The summed E-state index contributed by atoms with van der Waals surface area (Å²) in [5, 5.41) is 9.86. The first-order valence-corrected chi connectivity index (χ1v) is 21.6. The van der Waals surface area contributed by atoms with Gasteiger partial charge in [-0.1, -0.05) is 24.3 Å². The summed E-state index contributed by atoms with van der Waals surface area (Å²) in [6.07, 6.45) is 9.29. The van der Waals surface area contributed by atoms with Crippen molar-refractivity contribution in [3.8, 4) is 0 Å². The Kier molecular flexibility index (Phi) is 13.4. The minimum Gasteiger partial charge on any atom is -0.348 e. The minimum atomic E-state index is -3.52. The third-order valence-electron chi connectivity index (χ3n) is 9.49. The van der Waals surface area contributed by atoms with Gasteiger partial charge in [-0.15, -0.1) is 23.7 Å². The van der Waals surface area contributed by atoms with Crippen molar-refractivity contribution in [1.82, 2.24) is 38.9 Å². The lowest BCUT2D eigenvalue weighted by Gasteiger charge is -2.26. The number of rotatable bonds is 10. The van der Waals surface area contributed by atoms with Crippen LogP contribution >= 0.6 is 23.7 Å². The highest BCUT2D eigenvalue weighted by molar-refractivity contribution is 7.89. The Bertz CT molecular complexity index is 2440. The molecule has 0 spiro atoms. The number of thiophene rings is 1. The van der Waals surface area contributed by atoms with E-state index in [1.807, 2.05) is 12.1 Å². The summed E-state index contributed by atoms with van der Waals surface area (Å²) in [6.45, 7) is 3.71.